The second-order valence-electron chi connectivity index (χ2n) is 8.32. The lowest BCUT2D eigenvalue weighted by atomic mass is 9.93. The number of carbonyl (C=O) groups excluding carboxylic acids is 2. The summed E-state index contributed by atoms with van der Waals surface area (Å²) in [6.07, 6.45) is 0. The van der Waals surface area contributed by atoms with Gasteiger partial charge in [-0.25, -0.2) is 4.39 Å². The Morgan fingerprint density at radius 2 is 1.75 bits per heavy atom. The molecule has 1 unspecified atom stereocenters. The van der Waals surface area contributed by atoms with Gasteiger partial charge in [0.15, 0.2) is 0 Å². The number of carbonyl (C=O) groups is 2. The number of halogens is 1. The monoisotopic (exact) mass is 438 g/mol. The Morgan fingerprint density at radius 1 is 1.06 bits per heavy atom. The van der Waals surface area contributed by atoms with Crippen molar-refractivity contribution in [1.29, 1.82) is 0 Å². The second kappa shape index (κ2) is 9.22. The predicted molar refractivity (Wildman–Crippen MR) is 119 cm³/mol. The SMILES string of the molecule is Cc1ccc(C)c(/C(O)=C2\C(=O)C(=O)N(CCN3CCOCC3)C2c2ccc(F)cc2)c1. The second-order valence-corrected chi connectivity index (χ2v) is 8.32. The highest BCUT2D eigenvalue weighted by Crippen LogP contribution is 2.39. The lowest BCUT2D eigenvalue weighted by Gasteiger charge is -2.31. The summed E-state index contributed by atoms with van der Waals surface area (Å²) in [5, 5.41) is 11.2. The Morgan fingerprint density at radius 3 is 2.44 bits per heavy atom. The standard InChI is InChI=1S/C25H27FN2O4/c1-16-3-4-17(2)20(15-16)23(29)21-22(18-5-7-19(26)8-6-18)28(25(31)24(21)30)10-9-27-11-13-32-14-12-27/h3-8,15,22,29H,9-14H2,1-2H3/b23-21+. The van der Waals surface area contributed by atoms with E-state index < -0.39 is 23.5 Å². The lowest BCUT2D eigenvalue weighted by molar-refractivity contribution is -0.140. The van der Waals surface area contributed by atoms with Crippen LogP contribution in [-0.2, 0) is 14.3 Å². The van der Waals surface area contributed by atoms with Crippen LogP contribution in [0.15, 0.2) is 48.0 Å². The van der Waals surface area contributed by atoms with Gasteiger partial charge in [-0.3, -0.25) is 14.5 Å². The molecule has 0 bridgehead atoms. The number of ether oxygens (including phenoxy) is 1. The molecule has 2 fully saturated rings. The van der Waals surface area contributed by atoms with E-state index in [0.717, 1.165) is 24.2 Å². The number of aryl methyl sites for hydroxylation is 2. The Balaban J connectivity index is 1.76. The molecule has 7 heteroatoms. The third-order valence-electron chi connectivity index (χ3n) is 6.13. The van der Waals surface area contributed by atoms with Gasteiger partial charge in [0.05, 0.1) is 24.8 Å². The highest BCUT2D eigenvalue weighted by molar-refractivity contribution is 6.46. The molecule has 32 heavy (non-hydrogen) atoms. The van der Waals surface area contributed by atoms with Gasteiger partial charge in [-0.2, -0.15) is 0 Å². The number of aliphatic hydroxyl groups excluding tert-OH is 1. The van der Waals surface area contributed by atoms with Gasteiger partial charge in [-0.15, -0.1) is 0 Å². The topological polar surface area (TPSA) is 70.1 Å². The molecule has 4 rings (SSSR count). The van der Waals surface area contributed by atoms with E-state index in [0.29, 0.717) is 37.4 Å². The van der Waals surface area contributed by atoms with Crippen molar-refractivity contribution in [2.75, 3.05) is 39.4 Å². The molecule has 168 valence electrons. The van der Waals surface area contributed by atoms with Crippen LogP contribution in [0.4, 0.5) is 4.39 Å². The van der Waals surface area contributed by atoms with E-state index in [1.165, 1.54) is 17.0 Å². The summed E-state index contributed by atoms with van der Waals surface area (Å²) < 4.78 is 19.0. The summed E-state index contributed by atoms with van der Waals surface area (Å²) in [7, 11) is 0. The third-order valence-corrected chi connectivity index (χ3v) is 6.13. The predicted octanol–water partition coefficient (Wildman–Crippen LogP) is 3.20. The van der Waals surface area contributed by atoms with Crippen LogP contribution in [0.2, 0.25) is 0 Å². The van der Waals surface area contributed by atoms with Crippen LogP contribution in [0, 0.1) is 19.7 Å². The van der Waals surface area contributed by atoms with E-state index in [1.54, 1.807) is 18.2 Å². The van der Waals surface area contributed by atoms with Gasteiger partial charge in [0.1, 0.15) is 11.6 Å². The average molecular weight is 438 g/mol. The maximum absolute atomic E-state index is 13.6. The molecule has 2 aromatic carbocycles. The molecule has 0 aliphatic carbocycles. The van der Waals surface area contributed by atoms with Gasteiger partial charge in [-0.1, -0.05) is 29.8 Å². The molecule has 2 heterocycles. The van der Waals surface area contributed by atoms with Crippen LogP contribution in [-0.4, -0.2) is 66.0 Å². The van der Waals surface area contributed by atoms with Gasteiger partial charge >= 0.3 is 0 Å². The number of amides is 1. The summed E-state index contributed by atoms with van der Waals surface area (Å²) in [6.45, 7) is 7.42. The number of hydrogen-bond acceptors (Lipinski definition) is 5. The molecular formula is C25H27FN2O4. The number of benzene rings is 2. The number of Topliss-reactive ketones (excluding diaryl/α,β-unsaturated/α-hetero) is 1. The molecule has 1 amide bonds. The quantitative estimate of drug-likeness (QED) is 0.441. The Bertz CT molecular complexity index is 1060. The lowest BCUT2D eigenvalue weighted by Crippen LogP contribution is -2.42. The minimum Gasteiger partial charge on any atom is -0.507 e. The number of hydrogen-bond donors (Lipinski definition) is 1. The van der Waals surface area contributed by atoms with E-state index in [4.69, 9.17) is 4.74 Å². The van der Waals surface area contributed by atoms with Crippen molar-refractivity contribution < 1.29 is 23.8 Å². The Labute approximate surface area is 186 Å². The first-order chi connectivity index (χ1) is 15.4. The highest BCUT2D eigenvalue weighted by atomic mass is 19.1. The van der Waals surface area contributed by atoms with Crippen LogP contribution in [0.3, 0.4) is 0 Å². The minimum absolute atomic E-state index is 0.0392. The summed E-state index contributed by atoms with van der Waals surface area (Å²) in [5.74, 6) is -1.99. The van der Waals surface area contributed by atoms with Crippen LogP contribution >= 0.6 is 0 Å². The first-order valence-electron chi connectivity index (χ1n) is 10.8. The zero-order valence-electron chi connectivity index (χ0n) is 18.3. The van der Waals surface area contributed by atoms with E-state index in [2.05, 4.69) is 4.90 Å². The first-order valence-corrected chi connectivity index (χ1v) is 10.8. The zero-order valence-corrected chi connectivity index (χ0v) is 18.3. The van der Waals surface area contributed by atoms with Crippen LogP contribution in [0.5, 0.6) is 0 Å². The molecule has 0 saturated carbocycles. The fourth-order valence-electron chi connectivity index (χ4n) is 4.31. The minimum atomic E-state index is -0.781. The number of ketones is 1. The van der Waals surface area contributed by atoms with Crippen molar-refractivity contribution in [2.45, 2.75) is 19.9 Å². The molecule has 1 N–H and O–H groups in total. The number of morpholine rings is 1. The van der Waals surface area contributed by atoms with E-state index in [9.17, 15) is 19.1 Å². The molecule has 0 radical (unpaired) electrons. The normalized spacial score (nSPS) is 21.3. The zero-order chi connectivity index (χ0) is 22.8. The maximum Gasteiger partial charge on any atom is 0.295 e. The molecule has 1 atom stereocenters. The van der Waals surface area contributed by atoms with Crippen molar-refractivity contribution >= 4 is 17.4 Å². The molecule has 6 nitrogen and oxygen atoms in total. The van der Waals surface area contributed by atoms with Crippen molar-refractivity contribution in [2.24, 2.45) is 0 Å². The number of nitrogens with zero attached hydrogens (tertiary/aromatic N) is 2. The summed E-state index contributed by atoms with van der Waals surface area (Å²) in [4.78, 5) is 29.8. The molecule has 2 aliphatic rings. The fourth-order valence-corrected chi connectivity index (χ4v) is 4.31. The van der Waals surface area contributed by atoms with Gasteiger partial charge in [0, 0.05) is 31.7 Å². The van der Waals surface area contributed by atoms with Gasteiger partial charge in [0.25, 0.3) is 11.7 Å². The van der Waals surface area contributed by atoms with Crippen molar-refractivity contribution in [3.63, 3.8) is 0 Å². The number of likely N-dealkylation sites (tertiary alicyclic amines) is 1. The largest absolute Gasteiger partial charge is 0.507 e. The van der Waals surface area contributed by atoms with Gasteiger partial charge in [-0.05, 0) is 43.2 Å². The van der Waals surface area contributed by atoms with E-state index >= 15 is 0 Å². The molecule has 2 aliphatic heterocycles. The summed E-state index contributed by atoms with van der Waals surface area (Å²) in [6, 6.07) is 10.5. The summed E-state index contributed by atoms with van der Waals surface area (Å²) >= 11 is 0. The molecule has 2 aromatic rings. The Kier molecular flexibility index (Phi) is 6.39. The van der Waals surface area contributed by atoms with Crippen LogP contribution < -0.4 is 0 Å². The molecule has 0 spiro atoms. The summed E-state index contributed by atoms with van der Waals surface area (Å²) in [5.41, 5.74) is 2.86. The third kappa shape index (κ3) is 4.31. The van der Waals surface area contributed by atoms with Crippen molar-refractivity contribution in [3.05, 3.63) is 76.1 Å². The van der Waals surface area contributed by atoms with Crippen LogP contribution in [0.1, 0.15) is 28.3 Å². The van der Waals surface area contributed by atoms with E-state index in [-0.39, 0.29) is 11.3 Å². The van der Waals surface area contributed by atoms with Crippen molar-refractivity contribution in [1.82, 2.24) is 9.80 Å². The van der Waals surface area contributed by atoms with E-state index in [1.807, 2.05) is 26.0 Å². The maximum atomic E-state index is 13.6. The Hall–Kier alpha value is -3.03. The molecular weight excluding hydrogens is 411 g/mol. The number of rotatable bonds is 5. The molecule has 2 saturated heterocycles. The smallest absolute Gasteiger partial charge is 0.295 e. The van der Waals surface area contributed by atoms with Crippen LogP contribution in [0.25, 0.3) is 5.76 Å². The van der Waals surface area contributed by atoms with Gasteiger partial charge in [0.2, 0.25) is 0 Å². The average Bonchev–Trinajstić information content (AvgIpc) is 3.05. The van der Waals surface area contributed by atoms with Gasteiger partial charge < -0.3 is 14.7 Å². The fraction of sp³-hybridized carbons (Fsp3) is 0.360. The molecule has 0 aromatic heterocycles. The number of aliphatic hydroxyl groups is 1. The van der Waals surface area contributed by atoms with Crippen molar-refractivity contribution in [3.8, 4) is 0 Å². The first kappa shape index (κ1) is 22.2. The highest BCUT2D eigenvalue weighted by Gasteiger charge is 2.46.